The van der Waals surface area contributed by atoms with Gasteiger partial charge in [-0.1, -0.05) is 6.07 Å². The number of carbonyl (C=O) groups excluding carboxylic acids is 1. The monoisotopic (exact) mass is 434 g/mol. The van der Waals surface area contributed by atoms with Gasteiger partial charge in [-0.15, -0.1) is 10.2 Å². The highest BCUT2D eigenvalue weighted by Crippen LogP contribution is 2.34. The summed E-state index contributed by atoms with van der Waals surface area (Å²) in [4.78, 5) is 19.6. The topological polar surface area (TPSA) is 94.4 Å². The van der Waals surface area contributed by atoms with Crippen molar-refractivity contribution in [2.75, 3.05) is 32.6 Å². The Kier molecular flexibility index (Phi) is 5.48. The van der Waals surface area contributed by atoms with Gasteiger partial charge in [0.2, 0.25) is 11.7 Å². The summed E-state index contributed by atoms with van der Waals surface area (Å²) in [6.07, 6.45) is 2.57. The molecular formula is C23H26N6O3. The van der Waals surface area contributed by atoms with Gasteiger partial charge in [-0.3, -0.25) is 9.69 Å². The number of carbonyl (C=O) groups is 1. The van der Waals surface area contributed by atoms with E-state index in [1.54, 1.807) is 20.4 Å². The molecule has 1 amide bonds. The minimum atomic E-state index is -0.248. The summed E-state index contributed by atoms with van der Waals surface area (Å²) >= 11 is 0. The molecule has 0 aliphatic carbocycles. The Labute approximate surface area is 186 Å². The second-order valence-electron chi connectivity index (χ2n) is 8.32. The summed E-state index contributed by atoms with van der Waals surface area (Å²) in [5.74, 6) is 3.37. The molecule has 5 rings (SSSR count). The van der Waals surface area contributed by atoms with Crippen molar-refractivity contribution >= 4 is 11.6 Å². The normalized spacial score (nSPS) is 19.8. The van der Waals surface area contributed by atoms with Gasteiger partial charge in [-0.25, -0.2) is 4.98 Å². The molecule has 1 fully saturated rings. The lowest BCUT2D eigenvalue weighted by Gasteiger charge is -2.25. The average molecular weight is 435 g/mol. The Morgan fingerprint density at radius 1 is 1.06 bits per heavy atom. The number of hydrogen-bond donors (Lipinski definition) is 1. The van der Waals surface area contributed by atoms with Crippen LogP contribution in [0, 0.1) is 11.8 Å². The zero-order chi connectivity index (χ0) is 22.1. The molecule has 2 atom stereocenters. The molecule has 2 aromatic heterocycles. The van der Waals surface area contributed by atoms with Crippen LogP contribution in [0.15, 0.2) is 42.6 Å². The second-order valence-corrected chi connectivity index (χ2v) is 8.32. The smallest absolute Gasteiger partial charge is 0.293 e. The minimum absolute atomic E-state index is 0.248. The zero-order valence-corrected chi connectivity index (χ0v) is 18.2. The van der Waals surface area contributed by atoms with Crippen LogP contribution in [-0.2, 0) is 19.5 Å². The third-order valence-electron chi connectivity index (χ3n) is 6.33. The highest BCUT2D eigenvalue weighted by atomic mass is 16.5. The Bertz CT molecular complexity index is 1110. The molecule has 0 bridgehead atoms. The number of likely N-dealkylation sites (tertiary alicyclic amines) is 1. The SMILES string of the molecule is COc1ccc(NC(=O)c2nnc3n2C[C@H]2CN(Cc4cccnc4OC)C[C@@H]2C3)cc1. The molecule has 3 aromatic rings. The van der Waals surface area contributed by atoms with Gasteiger partial charge < -0.3 is 19.4 Å². The van der Waals surface area contributed by atoms with E-state index in [1.165, 1.54) is 0 Å². The van der Waals surface area contributed by atoms with Crippen molar-refractivity contribution in [2.24, 2.45) is 11.8 Å². The lowest BCUT2D eigenvalue weighted by molar-refractivity contribution is 0.100. The van der Waals surface area contributed by atoms with Crippen molar-refractivity contribution in [3.05, 3.63) is 59.8 Å². The van der Waals surface area contributed by atoms with Crippen molar-refractivity contribution in [3.8, 4) is 11.6 Å². The predicted molar refractivity (Wildman–Crippen MR) is 118 cm³/mol. The lowest BCUT2D eigenvalue weighted by atomic mass is 9.89. The van der Waals surface area contributed by atoms with Crippen LogP contribution in [0.1, 0.15) is 22.0 Å². The maximum Gasteiger partial charge on any atom is 0.293 e. The molecular weight excluding hydrogens is 408 g/mol. The number of aromatic nitrogens is 4. The molecule has 1 N–H and O–H groups in total. The fraction of sp³-hybridized carbons (Fsp3) is 0.391. The maximum absolute atomic E-state index is 12.9. The summed E-state index contributed by atoms with van der Waals surface area (Å²) in [6, 6.07) is 11.2. The molecule has 1 saturated heterocycles. The van der Waals surface area contributed by atoms with E-state index >= 15 is 0 Å². The third kappa shape index (κ3) is 3.91. The number of nitrogens with zero attached hydrogens (tertiary/aromatic N) is 5. The predicted octanol–water partition coefficient (Wildman–Crippen LogP) is 2.25. The highest BCUT2D eigenvalue weighted by Gasteiger charge is 2.39. The molecule has 2 aliphatic heterocycles. The number of pyridine rings is 1. The Morgan fingerprint density at radius 3 is 2.66 bits per heavy atom. The third-order valence-corrected chi connectivity index (χ3v) is 6.33. The van der Waals surface area contributed by atoms with Gasteiger partial charge in [0, 0.05) is 50.0 Å². The molecule has 9 nitrogen and oxygen atoms in total. The van der Waals surface area contributed by atoms with Gasteiger partial charge in [0.1, 0.15) is 11.6 Å². The van der Waals surface area contributed by atoms with Crippen LogP contribution < -0.4 is 14.8 Å². The molecule has 2 aliphatic rings. The summed E-state index contributed by atoms with van der Waals surface area (Å²) in [5.41, 5.74) is 1.78. The molecule has 166 valence electrons. The number of nitrogens with one attached hydrogen (secondary N) is 1. The van der Waals surface area contributed by atoms with Gasteiger partial charge in [0.25, 0.3) is 5.91 Å². The van der Waals surface area contributed by atoms with Crippen LogP contribution in [0.4, 0.5) is 5.69 Å². The average Bonchev–Trinajstić information content (AvgIpc) is 3.41. The number of fused-ring (bicyclic) bond motifs is 2. The van der Waals surface area contributed by atoms with Crippen LogP contribution in [0.5, 0.6) is 11.6 Å². The fourth-order valence-corrected chi connectivity index (χ4v) is 4.75. The summed E-state index contributed by atoms with van der Waals surface area (Å²) in [6.45, 7) is 3.50. The molecule has 9 heteroatoms. The van der Waals surface area contributed by atoms with Crippen molar-refractivity contribution in [3.63, 3.8) is 0 Å². The van der Waals surface area contributed by atoms with E-state index in [-0.39, 0.29) is 5.91 Å². The summed E-state index contributed by atoms with van der Waals surface area (Å²) < 4.78 is 12.6. The van der Waals surface area contributed by atoms with E-state index in [1.807, 2.05) is 34.9 Å². The van der Waals surface area contributed by atoms with Crippen molar-refractivity contribution in [1.82, 2.24) is 24.6 Å². The summed E-state index contributed by atoms with van der Waals surface area (Å²) in [7, 11) is 3.26. The first kappa shape index (κ1) is 20.4. The van der Waals surface area contributed by atoms with E-state index in [9.17, 15) is 4.79 Å². The molecule has 32 heavy (non-hydrogen) atoms. The zero-order valence-electron chi connectivity index (χ0n) is 18.2. The first-order valence-electron chi connectivity index (χ1n) is 10.7. The Balaban J connectivity index is 1.26. The largest absolute Gasteiger partial charge is 0.497 e. The van der Waals surface area contributed by atoms with Crippen LogP contribution in [-0.4, -0.2) is 57.9 Å². The number of benzene rings is 1. The van der Waals surface area contributed by atoms with E-state index in [2.05, 4.69) is 31.5 Å². The Hall–Kier alpha value is -3.46. The maximum atomic E-state index is 12.9. The van der Waals surface area contributed by atoms with E-state index in [0.717, 1.165) is 49.7 Å². The standard InChI is InChI=1S/C23H26N6O3/c1-31-19-7-5-18(6-8-19)25-22(30)21-27-26-20-10-16-12-28(13-17(16)14-29(20)21)11-15-4-3-9-24-23(15)32-2/h3-9,16-17H,10-14H2,1-2H3,(H,25,30)/t16-,17+/m0/s1. The number of amides is 1. The minimum Gasteiger partial charge on any atom is -0.497 e. The lowest BCUT2D eigenvalue weighted by Crippen LogP contribution is -2.31. The fourth-order valence-electron chi connectivity index (χ4n) is 4.75. The summed E-state index contributed by atoms with van der Waals surface area (Å²) in [5, 5.41) is 11.4. The highest BCUT2D eigenvalue weighted by molar-refractivity contribution is 6.01. The van der Waals surface area contributed by atoms with Gasteiger partial charge >= 0.3 is 0 Å². The molecule has 4 heterocycles. The molecule has 0 saturated carbocycles. The van der Waals surface area contributed by atoms with Crippen LogP contribution in [0.3, 0.4) is 0 Å². The van der Waals surface area contributed by atoms with Gasteiger partial charge in [-0.2, -0.15) is 0 Å². The van der Waals surface area contributed by atoms with Crippen molar-refractivity contribution < 1.29 is 14.3 Å². The quantitative estimate of drug-likeness (QED) is 0.636. The van der Waals surface area contributed by atoms with Crippen LogP contribution in [0.2, 0.25) is 0 Å². The van der Waals surface area contributed by atoms with E-state index < -0.39 is 0 Å². The number of rotatable bonds is 6. The number of methoxy groups -OCH3 is 2. The van der Waals surface area contributed by atoms with Gasteiger partial charge in [0.05, 0.1) is 14.2 Å². The molecule has 0 spiro atoms. The number of hydrogen-bond acceptors (Lipinski definition) is 7. The van der Waals surface area contributed by atoms with Crippen molar-refractivity contribution in [1.29, 1.82) is 0 Å². The molecule has 0 radical (unpaired) electrons. The van der Waals surface area contributed by atoms with E-state index in [0.29, 0.717) is 29.2 Å². The number of ether oxygens (including phenoxy) is 2. The second kappa shape index (κ2) is 8.58. The first-order valence-corrected chi connectivity index (χ1v) is 10.7. The molecule has 1 aromatic carbocycles. The first-order chi connectivity index (χ1) is 15.6. The molecule has 0 unspecified atom stereocenters. The number of anilines is 1. The van der Waals surface area contributed by atoms with Crippen LogP contribution in [0.25, 0.3) is 0 Å². The van der Waals surface area contributed by atoms with Gasteiger partial charge in [-0.05, 0) is 42.2 Å². The van der Waals surface area contributed by atoms with Crippen molar-refractivity contribution in [2.45, 2.75) is 19.5 Å². The van der Waals surface area contributed by atoms with Gasteiger partial charge in [0.15, 0.2) is 0 Å². The van der Waals surface area contributed by atoms with Crippen LogP contribution >= 0.6 is 0 Å². The Morgan fingerprint density at radius 2 is 1.88 bits per heavy atom. The van der Waals surface area contributed by atoms with E-state index in [4.69, 9.17) is 9.47 Å².